The van der Waals surface area contributed by atoms with Gasteiger partial charge in [-0.2, -0.15) is 0 Å². The van der Waals surface area contributed by atoms with Gasteiger partial charge in [-0.3, -0.25) is 0 Å². The highest BCUT2D eigenvalue weighted by Gasteiger charge is 2.12. The predicted octanol–water partition coefficient (Wildman–Crippen LogP) is 4.24. The summed E-state index contributed by atoms with van der Waals surface area (Å²) in [5.74, 6) is 0.751. The smallest absolute Gasteiger partial charge is 0.338 e. The van der Waals surface area contributed by atoms with Gasteiger partial charge in [0.05, 0.1) is 10.5 Å². The van der Waals surface area contributed by atoms with Crippen molar-refractivity contribution < 1.29 is 22.7 Å². The summed E-state index contributed by atoms with van der Waals surface area (Å²) in [6.07, 6.45) is 1.12. The molecule has 0 aliphatic rings. The van der Waals surface area contributed by atoms with Crippen LogP contribution in [0.1, 0.15) is 15.9 Å². The molecule has 0 unspecified atom stereocenters. The lowest BCUT2D eigenvalue weighted by atomic mass is 10.2. The normalized spacial score (nSPS) is 11.0. The standard InChI is InChI=1S/C21H18O5S/c1-27(23,24)19-13-11-16(12-14-19)21(22)25-15-17-7-5-6-10-20(17)26-18-8-3-2-4-9-18/h2-14H,15H2,1H3. The van der Waals surface area contributed by atoms with E-state index in [1.54, 1.807) is 6.07 Å². The Bertz CT molecular complexity index is 1030. The summed E-state index contributed by atoms with van der Waals surface area (Å²) in [5.41, 5.74) is 1.01. The number of para-hydroxylation sites is 2. The van der Waals surface area contributed by atoms with Gasteiger partial charge in [-0.25, -0.2) is 13.2 Å². The van der Waals surface area contributed by atoms with Gasteiger partial charge in [-0.05, 0) is 42.5 Å². The minimum absolute atomic E-state index is 0.0374. The maximum absolute atomic E-state index is 12.2. The van der Waals surface area contributed by atoms with E-state index in [1.807, 2.05) is 48.5 Å². The highest BCUT2D eigenvalue weighted by atomic mass is 32.2. The highest BCUT2D eigenvalue weighted by Crippen LogP contribution is 2.25. The lowest BCUT2D eigenvalue weighted by molar-refractivity contribution is 0.0470. The number of rotatable bonds is 6. The summed E-state index contributed by atoms with van der Waals surface area (Å²) in [7, 11) is -3.30. The fourth-order valence-corrected chi connectivity index (χ4v) is 3.03. The van der Waals surface area contributed by atoms with E-state index in [0.29, 0.717) is 11.5 Å². The lowest BCUT2D eigenvalue weighted by Crippen LogP contribution is -2.06. The van der Waals surface area contributed by atoms with Gasteiger partial charge in [-0.15, -0.1) is 0 Å². The van der Waals surface area contributed by atoms with Crippen LogP contribution in [0.3, 0.4) is 0 Å². The molecule has 0 N–H and O–H groups in total. The number of carbonyl (C=O) groups is 1. The van der Waals surface area contributed by atoms with Gasteiger partial charge in [0.1, 0.15) is 18.1 Å². The van der Waals surface area contributed by atoms with Crippen molar-refractivity contribution >= 4 is 15.8 Å². The van der Waals surface area contributed by atoms with E-state index in [4.69, 9.17) is 9.47 Å². The summed E-state index contributed by atoms with van der Waals surface area (Å²) in [4.78, 5) is 12.4. The SMILES string of the molecule is CS(=O)(=O)c1ccc(C(=O)OCc2ccccc2Oc2ccccc2)cc1. The number of sulfone groups is 1. The van der Waals surface area contributed by atoms with Gasteiger partial charge >= 0.3 is 5.97 Å². The predicted molar refractivity (Wildman–Crippen MR) is 102 cm³/mol. The first-order valence-electron chi connectivity index (χ1n) is 8.21. The van der Waals surface area contributed by atoms with Gasteiger partial charge in [0.25, 0.3) is 0 Å². The summed E-state index contributed by atoms with van der Waals surface area (Å²) in [6.45, 7) is 0.0374. The molecular formula is C21H18O5S. The molecule has 0 aromatic heterocycles. The maximum Gasteiger partial charge on any atom is 0.338 e. The average molecular weight is 382 g/mol. The van der Waals surface area contributed by atoms with Crippen LogP contribution in [0.15, 0.2) is 83.8 Å². The van der Waals surface area contributed by atoms with Crippen LogP contribution in [-0.4, -0.2) is 20.6 Å². The Balaban J connectivity index is 1.69. The van der Waals surface area contributed by atoms with Crippen molar-refractivity contribution in [3.63, 3.8) is 0 Å². The second-order valence-electron chi connectivity index (χ2n) is 5.90. The van der Waals surface area contributed by atoms with Crippen molar-refractivity contribution in [1.29, 1.82) is 0 Å². The molecule has 3 rings (SSSR count). The van der Waals surface area contributed by atoms with Gasteiger partial charge in [0, 0.05) is 11.8 Å². The van der Waals surface area contributed by atoms with E-state index in [2.05, 4.69) is 0 Å². The Morgan fingerprint density at radius 2 is 1.48 bits per heavy atom. The second kappa shape index (κ2) is 8.05. The average Bonchev–Trinajstić information content (AvgIpc) is 2.67. The summed E-state index contributed by atoms with van der Waals surface area (Å²) < 4.78 is 34.2. The molecule has 0 atom stereocenters. The molecule has 6 heteroatoms. The topological polar surface area (TPSA) is 69.7 Å². The fraction of sp³-hybridized carbons (Fsp3) is 0.0952. The molecule has 0 fully saturated rings. The van der Waals surface area contributed by atoms with Crippen LogP contribution in [0.25, 0.3) is 0 Å². The molecule has 0 bridgehead atoms. The number of hydrogen-bond acceptors (Lipinski definition) is 5. The van der Waals surface area contributed by atoms with Gasteiger partial charge in [-0.1, -0.05) is 36.4 Å². The molecule has 0 radical (unpaired) electrons. The van der Waals surface area contributed by atoms with Crippen molar-refractivity contribution in [2.75, 3.05) is 6.26 Å². The van der Waals surface area contributed by atoms with Crippen molar-refractivity contribution in [1.82, 2.24) is 0 Å². The number of esters is 1. The lowest BCUT2D eigenvalue weighted by Gasteiger charge is -2.11. The molecule has 5 nitrogen and oxygen atoms in total. The molecule has 3 aromatic rings. The van der Waals surface area contributed by atoms with E-state index in [-0.39, 0.29) is 17.1 Å². The van der Waals surface area contributed by atoms with E-state index in [1.165, 1.54) is 24.3 Å². The van der Waals surface area contributed by atoms with E-state index in [0.717, 1.165) is 11.8 Å². The van der Waals surface area contributed by atoms with Crippen molar-refractivity contribution in [2.24, 2.45) is 0 Å². The van der Waals surface area contributed by atoms with Gasteiger partial charge in [0.15, 0.2) is 9.84 Å². The van der Waals surface area contributed by atoms with Crippen molar-refractivity contribution in [2.45, 2.75) is 11.5 Å². The molecule has 3 aromatic carbocycles. The summed E-state index contributed by atoms with van der Waals surface area (Å²) >= 11 is 0. The molecular weight excluding hydrogens is 364 g/mol. The highest BCUT2D eigenvalue weighted by molar-refractivity contribution is 7.90. The maximum atomic E-state index is 12.2. The van der Waals surface area contributed by atoms with Crippen LogP contribution in [0.5, 0.6) is 11.5 Å². The van der Waals surface area contributed by atoms with E-state index in [9.17, 15) is 13.2 Å². The molecule has 138 valence electrons. The number of carbonyl (C=O) groups excluding carboxylic acids is 1. The van der Waals surface area contributed by atoms with Gasteiger partial charge in [0.2, 0.25) is 0 Å². The largest absolute Gasteiger partial charge is 0.457 e. The first kappa shape index (κ1) is 18.7. The molecule has 0 saturated carbocycles. The van der Waals surface area contributed by atoms with Crippen molar-refractivity contribution in [3.05, 3.63) is 90.0 Å². The van der Waals surface area contributed by atoms with Crippen LogP contribution >= 0.6 is 0 Å². The molecule has 0 aliphatic heterocycles. The quantitative estimate of drug-likeness (QED) is 0.597. The third kappa shape index (κ3) is 4.95. The third-order valence-corrected chi connectivity index (χ3v) is 4.95. The molecule has 0 amide bonds. The molecule has 27 heavy (non-hydrogen) atoms. The van der Waals surface area contributed by atoms with Crippen LogP contribution < -0.4 is 4.74 Å². The minimum atomic E-state index is -3.30. The van der Waals surface area contributed by atoms with Crippen molar-refractivity contribution in [3.8, 4) is 11.5 Å². The number of benzene rings is 3. The summed E-state index contributed by atoms with van der Waals surface area (Å²) in [5, 5.41) is 0. The first-order chi connectivity index (χ1) is 12.9. The van der Waals surface area contributed by atoms with Crippen LogP contribution in [-0.2, 0) is 21.2 Å². The number of ether oxygens (including phenoxy) is 2. The Morgan fingerprint density at radius 3 is 2.15 bits per heavy atom. The molecule has 0 saturated heterocycles. The minimum Gasteiger partial charge on any atom is -0.457 e. The van der Waals surface area contributed by atoms with Crippen LogP contribution in [0.4, 0.5) is 0 Å². The molecule has 0 aliphatic carbocycles. The molecule has 0 heterocycles. The fourth-order valence-electron chi connectivity index (χ4n) is 2.40. The Kier molecular flexibility index (Phi) is 5.57. The zero-order chi connectivity index (χ0) is 19.3. The zero-order valence-corrected chi connectivity index (χ0v) is 15.5. The Labute approximate surface area is 158 Å². The van der Waals surface area contributed by atoms with Crippen LogP contribution in [0, 0.1) is 0 Å². The Morgan fingerprint density at radius 1 is 0.852 bits per heavy atom. The second-order valence-corrected chi connectivity index (χ2v) is 7.91. The Hall–Kier alpha value is -3.12. The monoisotopic (exact) mass is 382 g/mol. The van der Waals surface area contributed by atoms with Crippen LogP contribution in [0.2, 0.25) is 0 Å². The van der Waals surface area contributed by atoms with E-state index >= 15 is 0 Å². The zero-order valence-electron chi connectivity index (χ0n) is 14.7. The van der Waals surface area contributed by atoms with E-state index < -0.39 is 15.8 Å². The molecule has 0 spiro atoms. The van der Waals surface area contributed by atoms with Gasteiger partial charge < -0.3 is 9.47 Å². The summed E-state index contributed by atoms with van der Waals surface area (Å²) in [6, 6.07) is 22.3. The first-order valence-corrected chi connectivity index (χ1v) is 10.1. The third-order valence-electron chi connectivity index (χ3n) is 3.82. The number of hydrogen-bond donors (Lipinski definition) is 0.